The summed E-state index contributed by atoms with van der Waals surface area (Å²) in [6.07, 6.45) is 6.33. The summed E-state index contributed by atoms with van der Waals surface area (Å²) in [4.78, 5) is 4.33. The molecular formula is C9H13N. The summed E-state index contributed by atoms with van der Waals surface area (Å²) < 4.78 is 0. The van der Waals surface area contributed by atoms with Gasteiger partial charge in [-0.25, -0.2) is 0 Å². The number of hydrogen-bond donors (Lipinski definition) is 0. The smallest absolute Gasteiger partial charge is 0.0597 e. The highest BCUT2D eigenvalue weighted by Gasteiger charge is 2.05. The van der Waals surface area contributed by atoms with Crippen LogP contribution in [0.25, 0.3) is 0 Å². The van der Waals surface area contributed by atoms with Crippen molar-refractivity contribution in [3.8, 4) is 0 Å². The van der Waals surface area contributed by atoms with Crippen LogP contribution >= 0.6 is 0 Å². The van der Waals surface area contributed by atoms with E-state index < -0.39 is 0 Å². The third-order valence-electron chi connectivity index (χ3n) is 1.76. The third kappa shape index (κ3) is 1.35. The predicted molar refractivity (Wildman–Crippen MR) is 45.5 cm³/mol. The molecule has 0 aromatic rings. The fourth-order valence-corrected chi connectivity index (χ4v) is 1.19. The lowest BCUT2D eigenvalue weighted by atomic mass is 10.0. The first kappa shape index (κ1) is 7.26. The zero-order valence-corrected chi connectivity index (χ0v) is 6.43. The molecule has 1 aliphatic rings. The van der Waals surface area contributed by atoms with Gasteiger partial charge in [0.1, 0.15) is 0 Å². The first-order valence-electron chi connectivity index (χ1n) is 3.71. The third-order valence-corrected chi connectivity index (χ3v) is 1.76. The summed E-state index contributed by atoms with van der Waals surface area (Å²) in [7, 11) is 0. The van der Waals surface area contributed by atoms with Crippen LogP contribution in [0.3, 0.4) is 0 Å². The molecule has 0 amide bonds. The maximum Gasteiger partial charge on any atom is 0.0597 e. The molecule has 0 saturated carbocycles. The molecule has 1 aliphatic heterocycles. The normalized spacial score (nSPS) is 22.5. The highest BCUT2D eigenvalue weighted by molar-refractivity contribution is 6.08. The van der Waals surface area contributed by atoms with E-state index >= 15 is 0 Å². The Labute approximate surface area is 62.2 Å². The molecule has 0 N–H and O–H groups in total. The summed E-state index contributed by atoms with van der Waals surface area (Å²) in [5.41, 5.74) is 2.44. The van der Waals surface area contributed by atoms with E-state index in [-0.39, 0.29) is 0 Å². The molecule has 0 radical (unpaired) electrons. The number of hydrogen-bond acceptors (Lipinski definition) is 1. The molecule has 54 valence electrons. The Bertz CT molecular complexity index is 187. The van der Waals surface area contributed by atoms with Crippen LogP contribution in [0, 0.1) is 0 Å². The van der Waals surface area contributed by atoms with Gasteiger partial charge in [0.25, 0.3) is 0 Å². The topological polar surface area (TPSA) is 12.4 Å². The van der Waals surface area contributed by atoms with Crippen molar-refractivity contribution in [1.82, 2.24) is 0 Å². The second-order valence-electron chi connectivity index (χ2n) is 2.39. The molecule has 0 saturated heterocycles. The second kappa shape index (κ2) is 3.35. The largest absolute Gasteiger partial charge is 0.285 e. The molecule has 0 unspecified atom stereocenters. The lowest BCUT2D eigenvalue weighted by Gasteiger charge is -2.11. The molecule has 1 heterocycles. The monoisotopic (exact) mass is 135 g/mol. The van der Waals surface area contributed by atoms with Gasteiger partial charge in [-0.2, -0.15) is 0 Å². The second-order valence-corrected chi connectivity index (χ2v) is 2.39. The minimum Gasteiger partial charge on any atom is -0.285 e. The van der Waals surface area contributed by atoms with Crippen molar-refractivity contribution in [3.63, 3.8) is 0 Å². The number of nitrogens with zero attached hydrogens (tertiary/aromatic N) is 1. The van der Waals surface area contributed by atoms with E-state index in [0.717, 1.165) is 12.3 Å². The lowest BCUT2D eigenvalue weighted by molar-refractivity contribution is 0.815. The Hall–Kier alpha value is -0.850. The van der Waals surface area contributed by atoms with E-state index in [2.05, 4.69) is 24.6 Å². The first-order valence-corrected chi connectivity index (χ1v) is 3.71. The Morgan fingerprint density at radius 3 is 2.90 bits per heavy atom. The Morgan fingerprint density at radius 2 is 2.40 bits per heavy atom. The fraction of sp³-hybridized carbons (Fsp3) is 0.444. The van der Waals surface area contributed by atoms with E-state index in [1.165, 1.54) is 18.4 Å². The molecule has 0 bridgehead atoms. The van der Waals surface area contributed by atoms with E-state index in [1.54, 1.807) is 0 Å². The maximum absolute atomic E-state index is 4.33. The summed E-state index contributed by atoms with van der Waals surface area (Å²) in [5, 5.41) is 0. The Morgan fingerprint density at radius 1 is 1.60 bits per heavy atom. The van der Waals surface area contributed by atoms with Gasteiger partial charge in [0.2, 0.25) is 0 Å². The minimum absolute atomic E-state index is 0.971. The van der Waals surface area contributed by atoms with Gasteiger partial charge in [0.15, 0.2) is 0 Å². The SMILES string of the molecule is C=CC1=NCCC/C1=C/C. The van der Waals surface area contributed by atoms with Gasteiger partial charge in [-0.05, 0) is 31.4 Å². The Kier molecular flexibility index (Phi) is 2.43. The highest BCUT2D eigenvalue weighted by atomic mass is 14.7. The number of rotatable bonds is 1. The minimum atomic E-state index is 0.971. The standard InChI is InChI=1S/C9H13N/c1-3-8-6-5-7-10-9(8)4-2/h3-4H,2,5-7H2,1H3/b8-3-. The van der Waals surface area contributed by atoms with Gasteiger partial charge in [-0.1, -0.05) is 12.7 Å². The van der Waals surface area contributed by atoms with Crippen LogP contribution < -0.4 is 0 Å². The average Bonchev–Trinajstić information content (AvgIpc) is 2.04. The van der Waals surface area contributed by atoms with Gasteiger partial charge in [0, 0.05) is 6.54 Å². The van der Waals surface area contributed by atoms with Crippen molar-refractivity contribution in [2.24, 2.45) is 4.99 Å². The first-order chi connectivity index (χ1) is 4.88. The van der Waals surface area contributed by atoms with Gasteiger partial charge in [-0.15, -0.1) is 0 Å². The van der Waals surface area contributed by atoms with Gasteiger partial charge < -0.3 is 0 Å². The molecule has 0 aromatic carbocycles. The van der Waals surface area contributed by atoms with Crippen LogP contribution in [0.5, 0.6) is 0 Å². The molecule has 1 rings (SSSR count). The summed E-state index contributed by atoms with van der Waals surface area (Å²) in [5.74, 6) is 0. The number of allylic oxidation sites excluding steroid dienone is 3. The van der Waals surface area contributed by atoms with Crippen LogP contribution in [0.15, 0.2) is 29.3 Å². The maximum atomic E-state index is 4.33. The van der Waals surface area contributed by atoms with Gasteiger partial charge in [0.05, 0.1) is 5.71 Å². The quantitative estimate of drug-likeness (QED) is 0.523. The summed E-state index contributed by atoms with van der Waals surface area (Å²) >= 11 is 0. The lowest BCUT2D eigenvalue weighted by Crippen LogP contribution is -2.06. The van der Waals surface area contributed by atoms with E-state index in [0.29, 0.717) is 0 Å². The van der Waals surface area contributed by atoms with Crippen molar-refractivity contribution in [2.75, 3.05) is 6.54 Å². The van der Waals surface area contributed by atoms with Crippen molar-refractivity contribution >= 4 is 5.71 Å². The van der Waals surface area contributed by atoms with Crippen molar-refractivity contribution in [1.29, 1.82) is 0 Å². The van der Waals surface area contributed by atoms with Crippen molar-refractivity contribution < 1.29 is 0 Å². The van der Waals surface area contributed by atoms with E-state index in [9.17, 15) is 0 Å². The van der Waals surface area contributed by atoms with Crippen LogP contribution in [-0.2, 0) is 0 Å². The molecule has 0 aromatic heterocycles. The molecule has 1 heteroatoms. The molecule has 0 spiro atoms. The molecule has 1 nitrogen and oxygen atoms in total. The molecular weight excluding hydrogens is 122 g/mol. The molecule has 0 atom stereocenters. The fourth-order valence-electron chi connectivity index (χ4n) is 1.19. The Balaban J connectivity index is 2.82. The summed E-state index contributed by atoms with van der Waals surface area (Å²) in [6, 6.07) is 0. The predicted octanol–water partition coefficient (Wildman–Crippen LogP) is 2.35. The molecule has 0 fully saturated rings. The average molecular weight is 135 g/mol. The molecule has 0 aliphatic carbocycles. The summed E-state index contributed by atoms with van der Waals surface area (Å²) in [6.45, 7) is 6.74. The number of aliphatic imine (C=N–C) groups is 1. The molecule has 10 heavy (non-hydrogen) atoms. The van der Waals surface area contributed by atoms with Crippen molar-refractivity contribution in [3.05, 3.63) is 24.3 Å². The van der Waals surface area contributed by atoms with E-state index in [4.69, 9.17) is 0 Å². The van der Waals surface area contributed by atoms with Crippen LogP contribution in [-0.4, -0.2) is 12.3 Å². The van der Waals surface area contributed by atoms with Gasteiger partial charge >= 0.3 is 0 Å². The zero-order chi connectivity index (χ0) is 7.40. The van der Waals surface area contributed by atoms with Crippen molar-refractivity contribution in [2.45, 2.75) is 19.8 Å². The van der Waals surface area contributed by atoms with E-state index in [1.807, 2.05) is 6.08 Å². The van der Waals surface area contributed by atoms with Crippen LogP contribution in [0.1, 0.15) is 19.8 Å². The van der Waals surface area contributed by atoms with Gasteiger partial charge in [-0.3, -0.25) is 4.99 Å². The zero-order valence-electron chi connectivity index (χ0n) is 6.43. The van der Waals surface area contributed by atoms with Crippen LogP contribution in [0.2, 0.25) is 0 Å². The highest BCUT2D eigenvalue weighted by Crippen LogP contribution is 2.13. The van der Waals surface area contributed by atoms with Crippen LogP contribution in [0.4, 0.5) is 0 Å².